The van der Waals surface area contributed by atoms with E-state index in [0.717, 1.165) is 4.57 Å². The van der Waals surface area contributed by atoms with Gasteiger partial charge in [0, 0.05) is 17.1 Å². The average Bonchev–Trinajstić information content (AvgIpc) is 2.86. The molecule has 1 aromatic heterocycles. The summed E-state index contributed by atoms with van der Waals surface area (Å²) in [6.07, 6.45) is 0.811. The highest BCUT2D eigenvalue weighted by atomic mass is 79.9. The van der Waals surface area contributed by atoms with E-state index in [2.05, 4.69) is 21.0 Å². The number of rotatable bonds is 5. The zero-order valence-corrected chi connectivity index (χ0v) is 17.7. The molecule has 0 saturated heterocycles. The first-order chi connectivity index (χ1) is 12.5. The summed E-state index contributed by atoms with van der Waals surface area (Å²) in [5.41, 5.74) is -0.978. The second kappa shape index (κ2) is 8.24. The molecule has 1 aromatic carbocycles. The highest BCUT2D eigenvalue weighted by Crippen LogP contribution is 2.17. The van der Waals surface area contributed by atoms with E-state index in [9.17, 15) is 14.0 Å². The van der Waals surface area contributed by atoms with Crippen molar-refractivity contribution < 1.29 is 13.9 Å². The van der Waals surface area contributed by atoms with Crippen molar-refractivity contribution in [1.82, 2.24) is 19.2 Å². The fourth-order valence-electron chi connectivity index (χ4n) is 2.42. The molecule has 0 aliphatic heterocycles. The third-order valence-electron chi connectivity index (χ3n) is 3.71. The Morgan fingerprint density at radius 1 is 1.37 bits per heavy atom. The van der Waals surface area contributed by atoms with Crippen LogP contribution in [0.2, 0.25) is 0 Å². The minimum absolute atomic E-state index is 0.110. The lowest BCUT2D eigenvalue weighted by Gasteiger charge is -2.29. The van der Waals surface area contributed by atoms with E-state index in [1.807, 2.05) is 13.8 Å². The number of benzene rings is 1. The Morgan fingerprint density at radius 3 is 2.59 bits per heavy atom. The molecule has 0 aliphatic rings. The third kappa shape index (κ3) is 5.41. The van der Waals surface area contributed by atoms with Gasteiger partial charge in [-0.15, -0.1) is 0 Å². The van der Waals surface area contributed by atoms with Gasteiger partial charge >= 0.3 is 11.8 Å². The summed E-state index contributed by atoms with van der Waals surface area (Å²) in [4.78, 5) is 26.4. The molecule has 0 bridgehead atoms. The third-order valence-corrected chi connectivity index (χ3v) is 4.20. The van der Waals surface area contributed by atoms with Crippen LogP contribution in [0.15, 0.2) is 33.8 Å². The van der Waals surface area contributed by atoms with Crippen LogP contribution in [-0.4, -0.2) is 43.5 Å². The number of carbonyl (C=O) groups is 1. The molecule has 0 fully saturated rings. The van der Waals surface area contributed by atoms with E-state index in [1.54, 1.807) is 26.8 Å². The monoisotopic (exact) mass is 442 g/mol. The van der Waals surface area contributed by atoms with E-state index >= 15 is 0 Å². The van der Waals surface area contributed by atoms with Crippen LogP contribution in [0.5, 0.6) is 0 Å². The van der Waals surface area contributed by atoms with Crippen molar-refractivity contribution >= 4 is 22.0 Å². The van der Waals surface area contributed by atoms with Gasteiger partial charge in [-0.3, -0.25) is 0 Å². The van der Waals surface area contributed by atoms with Crippen molar-refractivity contribution in [3.05, 3.63) is 45.3 Å². The van der Waals surface area contributed by atoms with E-state index in [-0.39, 0.29) is 24.8 Å². The van der Waals surface area contributed by atoms with Crippen molar-refractivity contribution in [2.24, 2.45) is 0 Å². The summed E-state index contributed by atoms with van der Waals surface area (Å²) in [5, 5.41) is 4.03. The average molecular weight is 443 g/mol. The molecule has 27 heavy (non-hydrogen) atoms. The predicted molar refractivity (Wildman–Crippen MR) is 104 cm³/mol. The lowest BCUT2D eigenvalue weighted by Crippen LogP contribution is -2.43. The Hall–Kier alpha value is -2.16. The predicted octanol–water partition coefficient (Wildman–Crippen LogP) is 3.58. The first-order valence-electron chi connectivity index (χ1n) is 8.59. The maximum absolute atomic E-state index is 14.1. The second-order valence-electron chi connectivity index (χ2n) is 7.37. The topological polar surface area (TPSA) is 69.4 Å². The minimum Gasteiger partial charge on any atom is -0.444 e. The van der Waals surface area contributed by atoms with Gasteiger partial charge in [-0.2, -0.15) is 5.10 Å². The summed E-state index contributed by atoms with van der Waals surface area (Å²) >= 11 is 3.18. The van der Waals surface area contributed by atoms with Crippen LogP contribution in [0.1, 0.15) is 34.6 Å². The maximum Gasteiger partial charge on any atom is 0.410 e. The fourth-order valence-corrected chi connectivity index (χ4v) is 2.75. The molecule has 0 radical (unpaired) electrons. The summed E-state index contributed by atoms with van der Waals surface area (Å²) < 4.78 is 22.4. The number of carbonyl (C=O) groups excluding carboxylic acids is 1. The molecule has 0 aliphatic carbocycles. The molecular formula is C18H24BrFN4O3. The van der Waals surface area contributed by atoms with Gasteiger partial charge in [0.1, 0.15) is 17.7 Å². The Morgan fingerprint density at radius 2 is 2.04 bits per heavy atom. The number of amides is 1. The number of hydrogen-bond acceptors (Lipinski definition) is 4. The lowest BCUT2D eigenvalue weighted by atomic mass is 10.2. The summed E-state index contributed by atoms with van der Waals surface area (Å²) in [6, 6.07) is 4.31. The number of halogens is 2. The van der Waals surface area contributed by atoms with Crippen LogP contribution < -0.4 is 5.69 Å². The molecule has 0 saturated carbocycles. The first-order valence-corrected chi connectivity index (χ1v) is 9.38. The van der Waals surface area contributed by atoms with Gasteiger partial charge in [0.15, 0.2) is 0 Å². The summed E-state index contributed by atoms with van der Waals surface area (Å²) in [6.45, 7) is 9.52. The van der Waals surface area contributed by atoms with E-state index in [0.29, 0.717) is 4.47 Å². The Labute approximate surface area is 165 Å². The minimum atomic E-state index is -0.609. The molecule has 1 heterocycles. The zero-order chi connectivity index (χ0) is 20.4. The van der Waals surface area contributed by atoms with Gasteiger partial charge in [0.25, 0.3) is 0 Å². The molecule has 0 unspecified atom stereocenters. The number of ether oxygens (including phenoxy) is 1. The van der Waals surface area contributed by atoms with Crippen molar-refractivity contribution in [2.45, 2.75) is 52.8 Å². The van der Waals surface area contributed by atoms with Crippen molar-refractivity contribution in [2.75, 3.05) is 6.54 Å². The quantitative estimate of drug-likeness (QED) is 0.709. The number of hydrogen-bond donors (Lipinski definition) is 0. The second-order valence-corrected chi connectivity index (χ2v) is 8.29. The van der Waals surface area contributed by atoms with Gasteiger partial charge < -0.3 is 9.64 Å². The van der Waals surface area contributed by atoms with Gasteiger partial charge in [-0.25, -0.2) is 23.2 Å². The molecule has 0 atom stereocenters. The van der Waals surface area contributed by atoms with Crippen LogP contribution in [0, 0.1) is 5.82 Å². The SMILES string of the molecule is CC(C)N(CCn1ncn(-c2ccc(Br)cc2F)c1=O)C(=O)OC(C)(C)C. The molecule has 9 heteroatoms. The first kappa shape index (κ1) is 21.1. The van der Waals surface area contributed by atoms with Crippen LogP contribution in [0.25, 0.3) is 5.69 Å². The number of aromatic nitrogens is 3. The van der Waals surface area contributed by atoms with Crippen LogP contribution in [-0.2, 0) is 11.3 Å². The zero-order valence-electron chi connectivity index (χ0n) is 16.1. The molecular weight excluding hydrogens is 419 g/mol. The normalized spacial score (nSPS) is 11.7. The molecule has 1 amide bonds. The van der Waals surface area contributed by atoms with Crippen LogP contribution in [0.4, 0.5) is 9.18 Å². The fraction of sp³-hybridized carbons (Fsp3) is 0.500. The van der Waals surface area contributed by atoms with Crippen LogP contribution in [0.3, 0.4) is 0 Å². The highest BCUT2D eigenvalue weighted by molar-refractivity contribution is 9.10. The standard InChI is InChI=1S/C18H24BrFN4O3/c1-12(2)22(17(26)27-18(3,4)5)8-9-24-16(25)23(11-21-24)15-7-6-13(19)10-14(15)20/h6-7,10-12H,8-9H2,1-5H3. The molecule has 2 rings (SSSR count). The van der Waals surface area contributed by atoms with Gasteiger partial charge in [-0.05, 0) is 52.8 Å². The number of nitrogens with zero attached hydrogens (tertiary/aromatic N) is 4. The summed E-state index contributed by atoms with van der Waals surface area (Å²) in [7, 11) is 0. The summed E-state index contributed by atoms with van der Waals surface area (Å²) in [5.74, 6) is -0.538. The Kier molecular flexibility index (Phi) is 6.46. The largest absolute Gasteiger partial charge is 0.444 e. The van der Waals surface area contributed by atoms with Gasteiger partial charge in [0.2, 0.25) is 0 Å². The van der Waals surface area contributed by atoms with Crippen LogP contribution >= 0.6 is 15.9 Å². The Bertz CT molecular complexity index is 870. The van der Waals surface area contributed by atoms with E-state index < -0.39 is 23.2 Å². The van der Waals surface area contributed by atoms with Crippen molar-refractivity contribution in [1.29, 1.82) is 0 Å². The van der Waals surface area contributed by atoms with Gasteiger partial charge in [-0.1, -0.05) is 15.9 Å². The lowest BCUT2D eigenvalue weighted by molar-refractivity contribution is 0.0181. The van der Waals surface area contributed by atoms with E-state index in [1.165, 1.54) is 28.0 Å². The molecule has 148 valence electrons. The maximum atomic E-state index is 14.1. The molecule has 7 nitrogen and oxygen atoms in total. The smallest absolute Gasteiger partial charge is 0.410 e. The van der Waals surface area contributed by atoms with Crippen molar-refractivity contribution in [3.63, 3.8) is 0 Å². The van der Waals surface area contributed by atoms with Gasteiger partial charge in [0.05, 0.1) is 12.2 Å². The Balaban J connectivity index is 2.17. The van der Waals surface area contributed by atoms with Crippen molar-refractivity contribution in [3.8, 4) is 5.69 Å². The molecule has 0 spiro atoms. The molecule has 0 N–H and O–H groups in total. The molecule has 2 aromatic rings. The van der Waals surface area contributed by atoms with E-state index in [4.69, 9.17) is 4.74 Å². The highest BCUT2D eigenvalue weighted by Gasteiger charge is 2.24.